The number of imide groups is 2. The lowest BCUT2D eigenvalue weighted by molar-refractivity contribution is -0.138. The predicted octanol–water partition coefficient (Wildman–Crippen LogP) is 9.29. The van der Waals surface area contributed by atoms with Crippen LogP contribution in [0.25, 0.3) is 0 Å². The van der Waals surface area contributed by atoms with Gasteiger partial charge in [-0.3, -0.25) is 29.5 Å². The number of halogens is 3. The highest BCUT2D eigenvalue weighted by Gasteiger charge is 2.70. The summed E-state index contributed by atoms with van der Waals surface area (Å²) < 4.78 is 5.47. The average Bonchev–Trinajstić information content (AvgIpc) is 3.61. The number of fused-ring (bicyclic) bond motifs is 4. The number of benzene rings is 5. The van der Waals surface area contributed by atoms with Crippen molar-refractivity contribution in [3.63, 3.8) is 0 Å². The molecule has 292 valence electrons. The maximum absolute atomic E-state index is 15.5. The molecule has 0 radical (unpaired) electrons. The van der Waals surface area contributed by atoms with E-state index in [4.69, 9.17) is 39.5 Å². The Kier molecular flexibility index (Phi) is 9.46. The van der Waals surface area contributed by atoms with Crippen LogP contribution in [0.1, 0.15) is 29.9 Å². The third kappa shape index (κ3) is 5.92. The van der Waals surface area contributed by atoms with E-state index in [-0.39, 0.29) is 41.1 Å². The number of hydrogen-bond donors (Lipinski definition) is 3. The van der Waals surface area contributed by atoms with E-state index in [0.717, 1.165) is 16.4 Å². The van der Waals surface area contributed by atoms with Crippen molar-refractivity contribution in [1.82, 2.24) is 5.01 Å². The number of amides is 4. The van der Waals surface area contributed by atoms with Gasteiger partial charge in [0.05, 0.1) is 46.7 Å². The Hall–Kier alpha value is -5.81. The van der Waals surface area contributed by atoms with Crippen molar-refractivity contribution in [3.8, 4) is 11.5 Å². The van der Waals surface area contributed by atoms with Gasteiger partial charge in [0, 0.05) is 32.9 Å². The van der Waals surface area contributed by atoms with Crippen LogP contribution in [0.4, 0.5) is 22.7 Å². The number of phenols is 1. The van der Waals surface area contributed by atoms with E-state index >= 15 is 4.79 Å². The first-order chi connectivity index (χ1) is 28.0. The van der Waals surface area contributed by atoms with Crippen LogP contribution in [0.15, 0.2) is 127 Å². The molecule has 2 saturated heterocycles. The number of methoxy groups -OCH3 is 1. The summed E-state index contributed by atoms with van der Waals surface area (Å²) in [6.45, 7) is 0. The minimum absolute atomic E-state index is 0.0563. The van der Waals surface area contributed by atoms with Gasteiger partial charge in [-0.05, 0) is 109 Å². The Labute approximate surface area is 348 Å². The summed E-state index contributed by atoms with van der Waals surface area (Å²) in [6, 6.07) is 32.9. The number of carbonyl (C=O) groups is 4. The molecule has 9 rings (SSSR count). The van der Waals surface area contributed by atoms with Crippen molar-refractivity contribution < 1.29 is 29.0 Å². The highest BCUT2D eigenvalue weighted by Crippen LogP contribution is 2.65. The van der Waals surface area contributed by atoms with Crippen molar-refractivity contribution in [2.24, 2.45) is 23.7 Å². The van der Waals surface area contributed by atoms with E-state index < -0.39 is 46.8 Å². The largest absolute Gasteiger partial charge is 0.508 e. The summed E-state index contributed by atoms with van der Waals surface area (Å²) in [4.78, 5) is 60.7. The molecular formula is C45H35Cl3N4O6. The molecule has 1 saturated carbocycles. The number of nitrogens with one attached hydrogen (secondary N) is 2. The average molecular weight is 834 g/mol. The van der Waals surface area contributed by atoms with Gasteiger partial charge in [-0.2, -0.15) is 5.01 Å². The summed E-state index contributed by atoms with van der Waals surface area (Å²) in [7, 11) is 1.53. The zero-order valence-corrected chi connectivity index (χ0v) is 33.1. The predicted molar refractivity (Wildman–Crippen MR) is 222 cm³/mol. The van der Waals surface area contributed by atoms with E-state index in [1.54, 1.807) is 60.7 Å². The number of hydrogen-bond acceptors (Lipinski definition) is 8. The Morgan fingerprint density at radius 3 is 2.16 bits per heavy atom. The molecule has 6 atom stereocenters. The summed E-state index contributed by atoms with van der Waals surface area (Å²) in [5, 5.41) is 16.8. The normalized spacial score (nSPS) is 24.9. The van der Waals surface area contributed by atoms with E-state index in [1.165, 1.54) is 24.1 Å². The quantitative estimate of drug-likeness (QED) is 0.104. The zero-order chi connectivity index (χ0) is 40.5. The standard InChI is InChI=1S/C45H35Cl3N4O6/c1-58-30-15-7-24(8-16-30)45-35(42(55)52(44(45)57)50-37-19-9-26(47)22-36(37)48)23-33-31(40(45)34-21-25(46)10-20-38(34)53)17-18-32-39(33)43(56)51(41(32)54)29-13-11-28(12-14-29)49-27-5-3-2-4-6-27/h2-17,19-22,32-33,35,39-40,49-50,53H,18,23H2,1H3/t32-,33+,35-,39-,40+,45+/m0/s1. The molecule has 58 heavy (non-hydrogen) atoms. The van der Waals surface area contributed by atoms with E-state index in [0.29, 0.717) is 38.2 Å². The Morgan fingerprint density at radius 2 is 1.45 bits per heavy atom. The maximum Gasteiger partial charge on any atom is 0.260 e. The molecule has 0 bridgehead atoms. The van der Waals surface area contributed by atoms with E-state index in [1.807, 2.05) is 48.5 Å². The van der Waals surface area contributed by atoms with Gasteiger partial charge in [0.25, 0.3) is 11.8 Å². The highest BCUT2D eigenvalue weighted by molar-refractivity contribution is 6.36. The number of aromatic hydroxyl groups is 1. The Balaban J connectivity index is 1.17. The van der Waals surface area contributed by atoms with Gasteiger partial charge in [-0.1, -0.05) is 76.8 Å². The Bertz CT molecular complexity index is 2530. The lowest BCUT2D eigenvalue weighted by atomic mass is 9.49. The number of ether oxygens (including phenoxy) is 1. The first-order valence-corrected chi connectivity index (χ1v) is 19.9. The molecule has 0 unspecified atom stereocenters. The smallest absolute Gasteiger partial charge is 0.260 e. The van der Waals surface area contributed by atoms with Gasteiger partial charge < -0.3 is 15.2 Å². The van der Waals surface area contributed by atoms with Gasteiger partial charge in [-0.25, -0.2) is 0 Å². The van der Waals surface area contributed by atoms with E-state index in [9.17, 15) is 19.5 Å². The van der Waals surface area contributed by atoms with Crippen molar-refractivity contribution in [2.75, 3.05) is 22.8 Å². The molecule has 2 aliphatic heterocycles. The number of carbonyl (C=O) groups excluding carboxylic acids is 4. The van der Waals surface area contributed by atoms with Gasteiger partial charge in [0.1, 0.15) is 11.5 Å². The topological polar surface area (TPSA) is 128 Å². The number of para-hydroxylation sites is 1. The third-order valence-electron chi connectivity index (χ3n) is 12.1. The lowest BCUT2D eigenvalue weighted by Crippen LogP contribution is -2.53. The minimum Gasteiger partial charge on any atom is -0.508 e. The maximum atomic E-state index is 15.5. The fourth-order valence-corrected chi connectivity index (χ4v) is 10.2. The van der Waals surface area contributed by atoms with Crippen molar-refractivity contribution in [2.45, 2.75) is 24.2 Å². The molecule has 4 amide bonds. The first-order valence-electron chi connectivity index (χ1n) is 18.7. The highest BCUT2D eigenvalue weighted by atomic mass is 35.5. The van der Waals surface area contributed by atoms with Gasteiger partial charge >= 0.3 is 0 Å². The molecular weight excluding hydrogens is 799 g/mol. The van der Waals surface area contributed by atoms with Crippen LogP contribution >= 0.6 is 34.8 Å². The number of hydrazine groups is 1. The van der Waals surface area contributed by atoms with Crippen molar-refractivity contribution in [3.05, 3.63) is 153 Å². The number of nitrogens with zero attached hydrogens (tertiary/aromatic N) is 2. The van der Waals surface area contributed by atoms with Crippen LogP contribution in [0.5, 0.6) is 11.5 Å². The molecule has 2 heterocycles. The second-order valence-electron chi connectivity index (χ2n) is 15.0. The number of rotatable bonds is 8. The fourth-order valence-electron chi connectivity index (χ4n) is 9.58. The second-order valence-corrected chi connectivity index (χ2v) is 16.2. The second kappa shape index (κ2) is 14.5. The van der Waals surface area contributed by atoms with Gasteiger partial charge in [-0.15, -0.1) is 0 Å². The van der Waals surface area contributed by atoms with Crippen molar-refractivity contribution in [1.29, 1.82) is 0 Å². The van der Waals surface area contributed by atoms with Gasteiger partial charge in [0.2, 0.25) is 11.8 Å². The summed E-state index contributed by atoms with van der Waals surface area (Å²) in [6.07, 6.45) is 2.18. The number of anilines is 4. The molecule has 2 aliphatic carbocycles. The van der Waals surface area contributed by atoms with Crippen LogP contribution < -0.4 is 20.4 Å². The molecule has 0 spiro atoms. The van der Waals surface area contributed by atoms with E-state index in [2.05, 4.69) is 10.7 Å². The van der Waals surface area contributed by atoms with Crippen LogP contribution in [0.2, 0.25) is 15.1 Å². The fraction of sp³-hybridized carbons (Fsp3) is 0.200. The van der Waals surface area contributed by atoms with Crippen LogP contribution in [-0.4, -0.2) is 40.9 Å². The first kappa shape index (κ1) is 37.7. The molecule has 3 N–H and O–H groups in total. The SMILES string of the molecule is COc1ccc([C@@]23C(=O)N(Nc4ccc(Cl)cc4Cl)C(=O)[C@@H]2C[C@@H]2C(=CC[C@@H]4C(=O)N(c5ccc(Nc6ccccc6)cc5)C(=O)[C@@H]42)[C@@H]3c2cc(Cl)ccc2O)cc1. The molecule has 5 aromatic rings. The monoisotopic (exact) mass is 832 g/mol. The number of allylic oxidation sites excluding steroid dienone is 2. The van der Waals surface area contributed by atoms with Crippen LogP contribution in [0.3, 0.4) is 0 Å². The number of phenolic OH excluding ortho intramolecular Hbond substituents is 1. The lowest BCUT2D eigenvalue weighted by Gasteiger charge is -2.50. The molecule has 0 aromatic heterocycles. The molecule has 10 nitrogen and oxygen atoms in total. The summed E-state index contributed by atoms with van der Waals surface area (Å²) in [5.41, 5.74) is 5.17. The summed E-state index contributed by atoms with van der Waals surface area (Å²) in [5.74, 6) is -5.76. The van der Waals surface area contributed by atoms with Crippen LogP contribution in [-0.2, 0) is 24.6 Å². The third-order valence-corrected chi connectivity index (χ3v) is 12.9. The molecule has 3 fully saturated rings. The molecule has 13 heteroatoms. The van der Waals surface area contributed by atoms with Crippen molar-refractivity contribution >= 4 is 81.2 Å². The molecule has 4 aliphatic rings. The minimum atomic E-state index is -1.65. The summed E-state index contributed by atoms with van der Waals surface area (Å²) >= 11 is 19.4. The van der Waals surface area contributed by atoms with Gasteiger partial charge in [0.15, 0.2) is 0 Å². The van der Waals surface area contributed by atoms with Crippen LogP contribution in [0, 0.1) is 23.7 Å². The molecule has 5 aromatic carbocycles. The zero-order valence-electron chi connectivity index (χ0n) is 30.9. The Morgan fingerprint density at radius 1 is 0.759 bits per heavy atom.